The first-order valence-corrected chi connectivity index (χ1v) is 12.0. The lowest BCUT2D eigenvalue weighted by Crippen LogP contribution is -2.12. The predicted molar refractivity (Wildman–Crippen MR) is 119 cm³/mol. The average Bonchev–Trinajstić information content (AvgIpc) is 3.43. The van der Waals surface area contributed by atoms with E-state index in [0.29, 0.717) is 12.8 Å². The largest absolute Gasteiger partial charge is 0.392 e. The topological polar surface area (TPSA) is 123 Å². The molecule has 1 saturated carbocycles. The van der Waals surface area contributed by atoms with Gasteiger partial charge in [-0.2, -0.15) is 0 Å². The van der Waals surface area contributed by atoms with Crippen molar-refractivity contribution in [1.82, 2.24) is 14.5 Å². The molecule has 0 unspecified atom stereocenters. The van der Waals surface area contributed by atoms with Crippen molar-refractivity contribution in [3.63, 3.8) is 0 Å². The molecule has 3 aromatic rings. The molecule has 0 bridgehead atoms. The van der Waals surface area contributed by atoms with Crippen molar-refractivity contribution in [2.75, 3.05) is 5.32 Å². The highest BCUT2D eigenvalue weighted by Gasteiger charge is 2.33. The van der Waals surface area contributed by atoms with E-state index in [0.717, 1.165) is 35.1 Å². The summed E-state index contributed by atoms with van der Waals surface area (Å²) in [6.07, 6.45) is 7.60. The molecular weight excluding hydrogens is 414 g/mol. The summed E-state index contributed by atoms with van der Waals surface area (Å²) in [7, 11) is -3.71. The molecule has 0 spiro atoms. The van der Waals surface area contributed by atoms with Gasteiger partial charge in [-0.1, -0.05) is 30.3 Å². The number of anilines is 1. The van der Waals surface area contributed by atoms with Gasteiger partial charge in [0.25, 0.3) is 0 Å². The minimum atomic E-state index is -3.71. The molecule has 2 heterocycles. The number of benzene rings is 1. The highest BCUT2D eigenvalue weighted by Crippen LogP contribution is 2.39. The van der Waals surface area contributed by atoms with Gasteiger partial charge in [-0.15, -0.1) is 0 Å². The number of nitrogens with two attached hydrogens (primary N) is 1. The number of hydrogen-bond donors (Lipinski definition) is 3. The van der Waals surface area contributed by atoms with Gasteiger partial charge in [0.15, 0.2) is 0 Å². The zero-order valence-electron chi connectivity index (χ0n) is 16.9. The Kier molecular flexibility index (Phi) is 5.04. The Morgan fingerprint density at radius 1 is 1.19 bits per heavy atom. The Hall–Kier alpha value is -2.75. The number of fused-ring (bicyclic) bond motifs is 2. The summed E-state index contributed by atoms with van der Waals surface area (Å²) in [5.41, 5.74) is 3.50. The molecule has 2 aliphatic carbocycles. The summed E-state index contributed by atoms with van der Waals surface area (Å²) in [6, 6.07) is 10.7. The Morgan fingerprint density at radius 2 is 2.03 bits per heavy atom. The second-order valence-electron chi connectivity index (χ2n) is 8.39. The molecule has 2 aromatic heterocycles. The summed E-state index contributed by atoms with van der Waals surface area (Å²) in [4.78, 5) is 8.99. The van der Waals surface area contributed by atoms with Crippen LogP contribution in [0, 0.1) is 5.92 Å². The molecule has 9 heteroatoms. The Bertz CT molecular complexity index is 1250. The number of aliphatic hydroxyl groups excluding tert-OH is 1. The van der Waals surface area contributed by atoms with E-state index in [-0.39, 0.29) is 18.0 Å². The van der Waals surface area contributed by atoms with Crippen LogP contribution in [-0.4, -0.2) is 34.2 Å². The van der Waals surface area contributed by atoms with E-state index in [9.17, 15) is 13.5 Å². The summed E-state index contributed by atoms with van der Waals surface area (Å²) in [5.74, 6) is 0.532. The number of primary sulfonamides is 1. The molecule has 0 saturated heterocycles. The minimum Gasteiger partial charge on any atom is -0.392 e. The fourth-order valence-electron chi connectivity index (χ4n) is 4.92. The van der Waals surface area contributed by atoms with Gasteiger partial charge in [-0.25, -0.2) is 23.5 Å². The molecule has 1 aromatic carbocycles. The standard InChI is InChI=1S/C22H25N5O3S/c23-31(29,30)10-8-15-11-16(12-20(15)28)27-9-7-18-21(24-13-25-22(18)27)26-19-6-5-14-3-1-2-4-17(14)19/h1-4,7-10,13,15-16,19-20,28H,5-6,11-12H2,(H2,23,29,30)(H,24,25,26)/b10-8+/t15-,16-,19+,20-/m1/s1. The molecule has 1 fully saturated rings. The van der Waals surface area contributed by atoms with Crippen molar-refractivity contribution in [3.8, 4) is 0 Å². The van der Waals surface area contributed by atoms with Gasteiger partial charge in [0.2, 0.25) is 10.0 Å². The monoisotopic (exact) mass is 439 g/mol. The maximum absolute atomic E-state index is 11.2. The van der Waals surface area contributed by atoms with E-state index in [2.05, 4.69) is 44.1 Å². The van der Waals surface area contributed by atoms with Gasteiger partial charge < -0.3 is 15.0 Å². The number of nitrogens with zero attached hydrogens (tertiary/aromatic N) is 3. The summed E-state index contributed by atoms with van der Waals surface area (Å²) < 4.78 is 24.5. The SMILES string of the molecule is NS(=O)(=O)/C=C/[C@@H]1C[C@@H](n2ccc3c(N[C@H]4CCc5ccccc54)ncnc32)C[C@H]1O. The fourth-order valence-corrected chi connectivity index (χ4v) is 5.34. The lowest BCUT2D eigenvalue weighted by molar-refractivity contribution is 0.151. The zero-order valence-corrected chi connectivity index (χ0v) is 17.7. The number of aromatic nitrogens is 3. The molecule has 162 valence electrons. The van der Waals surface area contributed by atoms with Crippen LogP contribution >= 0.6 is 0 Å². The Morgan fingerprint density at radius 3 is 2.87 bits per heavy atom. The molecule has 2 aliphatic rings. The van der Waals surface area contributed by atoms with E-state index in [1.807, 2.05) is 12.3 Å². The van der Waals surface area contributed by atoms with Crippen LogP contribution < -0.4 is 10.5 Å². The molecule has 0 radical (unpaired) electrons. The van der Waals surface area contributed by atoms with E-state index in [1.165, 1.54) is 17.2 Å². The van der Waals surface area contributed by atoms with Crippen molar-refractivity contribution in [2.24, 2.45) is 11.1 Å². The third-order valence-corrected chi connectivity index (χ3v) is 6.95. The number of aryl methyl sites for hydroxylation is 1. The molecule has 5 rings (SSSR count). The molecule has 0 amide bonds. The second-order valence-corrected chi connectivity index (χ2v) is 9.84. The van der Waals surface area contributed by atoms with E-state index >= 15 is 0 Å². The van der Waals surface area contributed by atoms with Gasteiger partial charge in [0.05, 0.1) is 17.5 Å². The van der Waals surface area contributed by atoms with E-state index in [1.54, 1.807) is 6.33 Å². The number of rotatable bonds is 5. The third-order valence-electron chi connectivity index (χ3n) is 6.41. The van der Waals surface area contributed by atoms with E-state index < -0.39 is 16.1 Å². The average molecular weight is 440 g/mol. The van der Waals surface area contributed by atoms with Crippen LogP contribution in [0.1, 0.15) is 42.5 Å². The van der Waals surface area contributed by atoms with Crippen LogP contribution in [0.5, 0.6) is 0 Å². The normalized spacial score (nSPS) is 26.0. The third kappa shape index (κ3) is 3.96. The van der Waals surface area contributed by atoms with Gasteiger partial charge >= 0.3 is 0 Å². The summed E-state index contributed by atoms with van der Waals surface area (Å²) >= 11 is 0. The van der Waals surface area contributed by atoms with Crippen molar-refractivity contribution in [1.29, 1.82) is 0 Å². The van der Waals surface area contributed by atoms with Crippen LogP contribution in [0.15, 0.2) is 54.3 Å². The number of sulfonamides is 1. The molecule has 31 heavy (non-hydrogen) atoms. The molecule has 4 atom stereocenters. The Balaban J connectivity index is 1.40. The smallest absolute Gasteiger partial charge is 0.230 e. The highest BCUT2D eigenvalue weighted by atomic mass is 32.2. The molecule has 8 nitrogen and oxygen atoms in total. The first-order valence-electron chi connectivity index (χ1n) is 10.4. The maximum atomic E-state index is 11.2. The fraction of sp³-hybridized carbons (Fsp3) is 0.364. The first-order chi connectivity index (χ1) is 14.9. The molecule has 4 N–H and O–H groups in total. The Labute approximate surface area is 180 Å². The van der Waals surface area contributed by atoms with Gasteiger partial charge in [0.1, 0.15) is 17.8 Å². The van der Waals surface area contributed by atoms with Crippen LogP contribution in [0.2, 0.25) is 0 Å². The highest BCUT2D eigenvalue weighted by molar-refractivity contribution is 7.92. The van der Waals surface area contributed by atoms with Crippen molar-refractivity contribution < 1.29 is 13.5 Å². The number of aliphatic hydroxyl groups is 1. The van der Waals surface area contributed by atoms with Gasteiger partial charge in [-0.3, -0.25) is 0 Å². The first kappa shape index (κ1) is 20.2. The molecule has 0 aliphatic heterocycles. The second kappa shape index (κ2) is 7.74. The number of hydrogen-bond acceptors (Lipinski definition) is 6. The van der Waals surface area contributed by atoms with Crippen LogP contribution in [0.25, 0.3) is 11.0 Å². The van der Waals surface area contributed by atoms with E-state index in [4.69, 9.17) is 5.14 Å². The summed E-state index contributed by atoms with van der Waals surface area (Å²) in [6.45, 7) is 0. The van der Waals surface area contributed by atoms with Crippen molar-refractivity contribution >= 4 is 26.9 Å². The van der Waals surface area contributed by atoms with Crippen molar-refractivity contribution in [2.45, 2.75) is 43.9 Å². The van der Waals surface area contributed by atoms with Crippen LogP contribution in [-0.2, 0) is 16.4 Å². The lowest BCUT2D eigenvalue weighted by Gasteiger charge is -2.16. The van der Waals surface area contributed by atoms with Crippen LogP contribution in [0.4, 0.5) is 5.82 Å². The predicted octanol–water partition coefficient (Wildman–Crippen LogP) is 2.64. The van der Waals surface area contributed by atoms with Crippen LogP contribution in [0.3, 0.4) is 0 Å². The lowest BCUT2D eigenvalue weighted by atomic mass is 10.1. The van der Waals surface area contributed by atoms with Gasteiger partial charge in [0, 0.05) is 23.6 Å². The van der Waals surface area contributed by atoms with Gasteiger partial charge in [-0.05, 0) is 42.9 Å². The maximum Gasteiger partial charge on any atom is 0.230 e. The number of nitrogens with one attached hydrogen (secondary N) is 1. The minimum absolute atomic E-state index is 0.0117. The zero-order chi connectivity index (χ0) is 21.6. The van der Waals surface area contributed by atoms with Crippen molar-refractivity contribution in [3.05, 3.63) is 65.5 Å². The summed E-state index contributed by atoms with van der Waals surface area (Å²) in [5, 5.41) is 21.0. The quantitative estimate of drug-likeness (QED) is 0.562. The molecular formula is C22H25N5O3S.